The van der Waals surface area contributed by atoms with Gasteiger partial charge in [0.05, 0.1) is 5.69 Å². The van der Waals surface area contributed by atoms with Crippen molar-refractivity contribution in [2.45, 2.75) is 51.6 Å². The van der Waals surface area contributed by atoms with E-state index in [9.17, 15) is 0 Å². The monoisotopic (exact) mass is 246 g/mol. The molecular weight excluding hydrogens is 224 g/mol. The smallest absolute Gasteiger partial charge is 0.181 e. The zero-order valence-corrected chi connectivity index (χ0v) is 11.2. The summed E-state index contributed by atoms with van der Waals surface area (Å²) in [7, 11) is 0. The summed E-state index contributed by atoms with van der Waals surface area (Å²) in [4.78, 5) is 4.42. The molecule has 0 amide bonds. The van der Waals surface area contributed by atoms with Crippen LogP contribution in [0.4, 0.5) is 0 Å². The van der Waals surface area contributed by atoms with E-state index in [1.54, 1.807) is 6.39 Å². The minimum absolute atomic E-state index is 0.504. The molecule has 0 spiro atoms. The molecule has 1 N–H and O–H groups in total. The van der Waals surface area contributed by atoms with Crippen LogP contribution in [-0.4, -0.2) is 11.0 Å². The van der Waals surface area contributed by atoms with Crippen LogP contribution >= 0.6 is 0 Å². The Hall–Kier alpha value is -0.830. The van der Waals surface area contributed by atoms with Crippen molar-refractivity contribution in [2.75, 3.05) is 0 Å². The van der Waals surface area contributed by atoms with Crippen LogP contribution in [0, 0.1) is 23.7 Å². The predicted molar refractivity (Wildman–Crippen MR) is 69.0 cm³/mol. The maximum absolute atomic E-state index is 5.73. The fourth-order valence-corrected chi connectivity index (χ4v) is 4.66. The SMILES string of the molecule is CC(C)NCc1ncoc1C1C2C3CCC(C3)C12. The fraction of sp³-hybridized carbons (Fsp3) is 0.800. The van der Waals surface area contributed by atoms with Gasteiger partial charge in [0.1, 0.15) is 5.76 Å². The third-order valence-electron chi connectivity index (χ3n) is 5.39. The molecule has 3 aliphatic carbocycles. The minimum atomic E-state index is 0.504. The van der Waals surface area contributed by atoms with Crippen LogP contribution in [-0.2, 0) is 6.54 Å². The summed E-state index contributed by atoms with van der Waals surface area (Å²) in [5, 5.41) is 3.45. The maximum Gasteiger partial charge on any atom is 0.181 e. The highest BCUT2D eigenvalue weighted by atomic mass is 16.3. The number of rotatable bonds is 4. The number of fused-ring (bicyclic) bond motifs is 5. The summed E-state index contributed by atoms with van der Waals surface area (Å²) in [6.07, 6.45) is 6.08. The molecule has 0 saturated heterocycles. The van der Waals surface area contributed by atoms with Crippen molar-refractivity contribution in [3.05, 3.63) is 17.8 Å². The molecular formula is C15H22N2O. The van der Waals surface area contributed by atoms with E-state index in [1.165, 1.54) is 25.0 Å². The van der Waals surface area contributed by atoms with Gasteiger partial charge in [0.15, 0.2) is 6.39 Å². The summed E-state index contributed by atoms with van der Waals surface area (Å²) in [5.41, 5.74) is 1.16. The maximum atomic E-state index is 5.73. The van der Waals surface area contributed by atoms with E-state index >= 15 is 0 Å². The first-order valence-electron chi connectivity index (χ1n) is 7.41. The van der Waals surface area contributed by atoms with Gasteiger partial charge in [-0.15, -0.1) is 0 Å². The number of hydrogen-bond donors (Lipinski definition) is 1. The van der Waals surface area contributed by atoms with Crippen molar-refractivity contribution in [1.82, 2.24) is 10.3 Å². The Morgan fingerprint density at radius 3 is 2.72 bits per heavy atom. The standard InChI is InChI=1S/C15H22N2O/c1-8(2)16-6-11-15(18-7-17-11)14-12-9-3-4-10(5-9)13(12)14/h7-10,12-14,16H,3-6H2,1-2H3. The highest BCUT2D eigenvalue weighted by molar-refractivity contribution is 5.29. The summed E-state index contributed by atoms with van der Waals surface area (Å²) in [6.45, 7) is 5.20. The van der Waals surface area contributed by atoms with Crippen LogP contribution in [0.5, 0.6) is 0 Å². The molecule has 98 valence electrons. The average Bonchev–Trinajstić information content (AvgIpc) is 2.77. The van der Waals surface area contributed by atoms with Crippen LogP contribution < -0.4 is 5.32 Å². The zero-order chi connectivity index (χ0) is 12.3. The quantitative estimate of drug-likeness (QED) is 0.887. The second-order valence-electron chi connectivity index (χ2n) is 6.71. The Balaban J connectivity index is 1.51. The van der Waals surface area contributed by atoms with E-state index in [4.69, 9.17) is 4.42 Å². The van der Waals surface area contributed by atoms with Crippen LogP contribution in [0.2, 0.25) is 0 Å². The highest BCUT2D eigenvalue weighted by Crippen LogP contribution is 2.73. The van der Waals surface area contributed by atoms with Crippen molar-refractivity contribution in [3.63, 3.8) is 0 Å². The van der Waals surface area contributed by atoms with Gasteiger partial charge in [-0.25, -0.2) is 4.98 Å². The lowest BCUT2D eigenvalue weighted by atomic mass is 10.00. The van der Waals surface area contributed by atoms with E-state index in [1.807, 2.05) is 0 Å². The second kappa shape index (κ2) is 3.83. The molecule has 3 fully saturated rings. The molecule has 0 radical (unpaired) electrons. The molecule has 0 aromatic carbocycles. The van der Waals surface area contributed by atoms with Crippen LogP contribution in [0.25, 0.3) is 0 Å². The molecule has 1 heterocycles. The third kappa shape index (κ3) is 1.49. The van der Waals surface area contributed by atoms with Gasteiger partial charge >= 0.3 is 0 Å². The van der Waals surface area contributed by atoms with Crippen LogP contribution in [0.15, 0.2) is 10.8 Å². The Morgan fingerprint density at radius 1 is 1.33 bits per heavy atom. The molecule has 3 saturated carbocycles. The van der Waals surface area contributed by atoms with Crippen LogP contribution in [0.3, 0.4) is 0 Å². The number of oxazole rings is 1. The Morgan fingerprint density at radius 2 is 2.06 bits per heavy atom. The van der Waals surface area contributed by atoms with E-state index in [-0.39, 0.29) is 0 Å². The van der Waals surface area contributed by atoms with Crippen molar-refractivity contribution < 1.29 is 4.42 Å². The largest absolute Gasteiger partial charge is 0.448 e. The molecule has 18 heavy (non-hydrogen) atoms. The van der Waals surface area contributed by atoms with Gasteiger partial charge < -0.3 is 9.73 Å². The molecule has 3 aliphatic rings. The van der Waals surface area contributed by atoms with Gasteiger partial charge in [0.25, 0.3) is 0 Å². The first-order chi connectivity index (χ1) is 8.75. The molecule has 4 rings (SSSR count). The molecule has 1 aromatic rings. The highest BCUT2D eigenvalue weighted by Gasteiger charge is 2.66. The molecule has 4 atom stereocenters. The van der Waals surface area contributed by atoms with Crippen LogP contribution in [0.1, 0.15) is 50.5 Å². The topological polar surface area (TPSA) is 38.1 Å². The summed E-state index contributed by atoms with van der Waals surface area (Å²) in [5.74, 6) is 5.79. The van der Waals surface area contributed by atoms with Crippen molar-refractivity contribution in [3.8, 4) is 0 Å². The fourth-order valence-electron chi connectivity index (χ4n) is 4.66. The van der Waals surface area contributed by atoms with Crippen molar-refractivity contribution in [2.24, 2.45) is 23.7 Å². The lowest BCUT2D eigenvalue weighted by Crippen LogP contribution is -2.22. The predicted octanol–water partition coefficient (Wildman–Crippen LogP) is 2.93. The van der Waals surface area contributed by atoms with Gasteiger partial charge in [-0.05, 0) is 42.9 Å². The van der Waals surface area contributed by atoms with Crippen molar-refractivity contribution >= 4 is 0 Å². The van der Waals surface area contributed by atoms with Gasteiger partial charge in [-0.2, -0.15) is 0 Å². The van der Waals surface area contributed by atoms with E-state index < -0.39 is 0 Å². The lowest BCUT2D eigenvalue weighted by molar-refractivity contribution is 0.436. The Bertz CT molecular complexity index is 437. The van der Waals surface area contributed by atoms with E-state index in [0.29, 0.717) is 12.0 Å². The number of aromatic nitrogens is 1. The molecule has 3 nitrogen and oxygen atoms in total. The first-order valence-corrected chi connectivity index (χ1v) is 7.41. The average molecular weight is 246 g/mol. The van der Waals surface area contributed by atoms with Gasteiger partial charge in [-0.1, -0.05) is 13.8 Å². The van der Waals surface area contributed by atoms with Crippen molar-refractivity contribution in [1.29, 1.82) is 0 Å². The van der Waals surface area contributed by atoms with E-state index in [2.05, 4.69) is 24.1 Å². The molecule has 1 aromatic heterocycles. The molecule has 0 aliphatic heterocycles. The first kappa shape index (κ1) is 11.0. The Labute approximate surface area is 108 Å². The molecule has 4 unspecified atom stereocenters. The summed E-state index contributed by atoms with van der Waals surface area (Å²) >= 11 is 0. The van der Waals surface area contributed by atoms with Gasteiger partial charge in [-0.3, -0.25) is 0 Å². The Kier molecular flexibility index (Phi) is 2.35. The van der Waals surface area contributed by atoms with E-state index in [0.717, 1.165) is 35.9 Å². The minimum Gasteiger partial charge on any atom is -0.448 e. The summed E-state index contributed by atoms with van der Waals surface area (Å²) in [6, 6.07) is 0.504. The number of nitrogens with zero attached hydrogens (tertiary/aromatic N) is 1. The third-order valence-corrected chi connectivity index (χ3v) is 5.39. The normalized spacial score (nSPS) is 40.5. The second-order valence-corrected chi connectivity index (χ2v) is 6.71. The number of hydrogen-bond acceptors (Lipinski definition) is 3. The van der Waals surface area contributed by atoms with Gasteiger partial charge in [0, 0.05) is 18.5 Å². The molecule has 2 bridgehead atoms. The lowest BCUT2D eigenvalue weighted by Gasteiger charge is -2.09. The number of nitrogens with one attached hydrogen (secondary N) is 1. The zero-order valence-electron chi connectivity index (χ0n) is 11.2. The summed E-state index contributed by atoms with van der Waals surface area (Å²) < 4.78 is 5.73. The molecule has 3 heteroatoms. The van der Waals surface area contributed by atoms with Gasteiger partial charge in [0.2, 0.25) is 0 Å².